The zero-order valence-corrected chi connectivity index (χ0v) is 13.1. The van der Waals surface area contributed by atoms with E-state index < -0.39 is 0 Å². The lowest BCUT2D eigenvalue weighted by atomic mass is 10.00. The Morgan fingerprint density at radius 1 is 1.24 bits per heavy atom. The van der Waals surface area contributed by atoms with E-state index in [2.05, 4.69) is 26.0 Å². The van der Waals surface area contributed by atoms with Crippen molar-refractivity contribution in [2.24, 2.45) is 5.92 Å². The summed E-state index contributed by atoms with van der Waals surface area (Å²) >= 11 is 0. The van der Waals surface area contributed by atoms with E-state index in [1.807, 2.05) is 17.0 Å². The molecule has 1 aromatic rings. The second-order valence-electron chi connectivity index (χ2n) is 6.13. The predicted octanol–water partition coefficient (Wildman–Crippen LogP) is 2.08. The van der Waals surface area contributed by atoms with Crippen LogP contribution in [0.15, 0.2) is 24.3 Å². The van der Waals surface area contributed by atoms with Crippen LogP contribution in [0.4, 0.5) is 0 Å². The summed E-state index contributed by atoms with van der Waals surface area (Å²) in [7, 11) is 0. The molecule has 2 amide bonds. The molecule has 21 heavy (non-hydrogen) atoms. The molecule has 0 atom stereocenters. The first-order valence-corrected chi connectivity index (χ1v) is 7.57. The molecule has 0 spiro atoms. The van der Waals surface area contributed by atoms with Crippen molar-refractivity contribution in [1.29, 1.82) is 0 Å². The lowest BCUT2D eigenvalue weighted by molar-refractivity contribution is -0.140. The molecular weight excluding hydrogens is 264 g/mol. The van der Waals surface area contributed by atoms with Crippen LogP contribution in [0.3, 0.4) is 0 Å². The molecule has 0 saturated carbocycles. The Bertz CT molecular complexity index is 525. The summed E-state index contributed by atoms with van der Waals surface area (Å²) in [5, 5.41) is 0. The van der Waals surface area contributed by atoms with Crippen molar-refractivity contribution in [2.75, 3.05) is 19.6 Å². The SMILES string of the molecule is CC(=O)N(CC(=O)N1CCc2ccccc2C1)CC(C)C. The molecule has 114 valence electrons. The normalized spacial score (nSPS) is 14.0. The van der Waals surface area contributed by atoms with Crippen LogP contribution in [0.25, 0.3) is 0 Å². The fourth-order valence-corrected chi connectivity index (χ4v) is 2.72. The zero-order valence-electron chi connectivity index (χ0n) is 13.1. The predicted molar refractivity (Wildman–Crippen MR) is 82.7 cm³/mol. The Morgan fingerprint density at radius 3 is 2.52 bits per heavy atom. The second-order valence-corrected chi connectivity index (χ2v) is 6.13. The smallest absolute Gasteiger partial charge is 0.242 e. The van der Waals surface area contributed by atoms with Gasteiger partial charge in [0.2, 0.25) is 11.8 Å². The average Bonchev–Trinajstić information content (AvgIpc) is 2.45. The van der Waals surface area contributed by atoms with Crippen molar-refractivity contribution < 1.29 is 9.59 Å². The quantitative estimate of drug-likeness (QED) is 0.851. The minimum Gasteiger partial charge on any atom is -0.336 e. The standard InChI is InChI=1S/C17H24N2O2/c1-13(2)10-19(14(3)20)12-17(21)18-9-8-15-6-4-5-7-16(15)11-18/h4-7,13H,8-12H2,1-3H3. The minimum atomic E-state index is -0.0329. The van der Waals surface area contributed by atoms with Crippen molar-refractivity contribution in [1.82, 2.24) is 9.80 Å². The van der Waals surface area contributed by atoms with Gasteiger partial charge in [-0.3, -0.25) is 9.59 Å². The topological polar surface area (TPSA) is 40.6 Å². The molecule has 4 nitrogen and oxygen atoms in total. The highest BCUT2D eigenvalue weighted by molar-refractivity contribution is 5.84. The van der Waals surface area contributed by atoms with Gasteiger partial charge in [-0.25, -0.2) is 0 Å². The van der Waals surface area contributed by atoms with Crippen LogP contribution in [-0.4, -0.2) is 41.2 Å². The van der Waals surface area contributed by atoms with Gasteiger partial charge in [0, 0.05) is 26.6 Å². The molecule has 0 aromatic heterocycles. The summed E-state index contributed by atoms with van der Waals surface area (Å²) in [6, 6.07) is 8.24. The third-order valence-corrected chi connectivity index (χ3v) is 3.84. The van der Waals surface area contributed by atoms with Crippen molar-refractivity contribution in [3.63, 3.8) is 0 Å². The number of hydrogen-bond donors (Lipinski definition) is 0. The molecule has 1 heterocycles. The van der Waals surface area contributed by atoms with Crippen LogP contribution in [0, 0.1) is 5.92 Å². The van der Waals surface area contributed by atoms with E-state index in [0.29, 0.717) is 19.0 Å². The highest BCUT2D eigenvalue weighted by Crippen LogP contribution is 2.18. The summed E-state index contributed by atoms with van der Waals surface area (Å²) < 4.78 is 0. The number of rotatable bonds is 4. The van der Waals surface area contributed by atoms with Gasteiger partial charge in [0.05, 0.1) is 6.54 Å². The van der Waals surface area contributed by atoms with Gasteiger partial charge in [-0.05, 0) is 23.5 Å². The minimum absolute atomic E-state index is 0.0329. The van der Waals surface area contributed by atoms with E-state index >= 15 is 0 Å². The third kappa shape index (κ3) is 4.06. The van der Waals surface area contributed by atoms with E-state index in [1.165, 1.54) is 18.1 Å². The summed E-state index contributed by atoms with van der Waals surface area (Å²) in [5.74, 6) is 0.374. The molecule has 2 rings (SSSR count). The maximum atomic E-state index is 12.4. The van der Waals surface area contributed by atoms with Crippen LogP contribution in [0.5, 0.6) is 0 Å². The molecule has 0 aliphatic carbocycles. The highest BCUT2D eigenvalue weighted by Gasteiger charge is 2.23. The molecular formula is C17H24N2O2. The molecule has 0 saturated heterocycles. The van der Waals surface area contributed by atoms with Crippen molar-refractivity contribution in [2.45, 2.75) is 33.7 Å². The van der Waals surface area contributed by atoms with Gasteiger partial charge in [0.25, 0.3) is 0 Å². The average molecular weight is 288 g/mol. The number of fused-ring (bicyclic) bond motifs is 1. The largest absolute Gasteiger partial charge is 0.336 e. The van der Waals surface area contributed by atoms with E-state index in [9.17, 15) is 9.59 Å². The first-order chi connectivity index (χ1) is 9.97. The molecule has 0 unspecified atom stereocenters. The molecule has 0 bridgehead atoms. The van der Waals surface area contributed by atoms with Gasteiger partial charge in [-0.2, -0.15) is 0 Å². The molecule has 1 aliphatic rings. The Morgan fingerprint density at radius 2 is 1.90 bits per heavy atom. The van der Waals surface area contributed by atoms with Crippen LogP contribution in [0.1, 0.15) is 31.9 Å². The maximum Gasteiger partial charge on any atom is 0.242 e. The lowest BCUT2D eigenvalue weighted by Crippen LogP contribution is -2.45. The number of amides is 2. The van der Waals surface area contributed by atoms with E-state index in [-0.39, 0.29) is 18.4 Å². The van der Waals surface area contributed by atoms with E-state index in [1.54, 1.807) is 4.90 Å². The van der Waals surface area contributed by atoms with Crippen LogP contribution in [0.2, 0.25) is 0 Å². The van der Waals surface area contributed by atoms with E-state index in [4.69, 9.17) is 0 Å². The Kier molecular flexibility index (Phi) is 4.99. The van der Waals surface area contributed by atoms with Gasteiger partial charge < -0.3 is 9.80 Å². The van der Waals surface area contributed by atoms with Gasteiger partial charge in [-0.1, -0.05) is 38.1 Å². The number of carbonyl (C=O) groups is 2. The van der Waals surface area contributed by atoms with Crippen LogP contribution >= 0.6 is 0 Å². The Balaban J connectivity index is 1.99. The van der Waals surface area contributed by atoms with Crippen molar-refractivity contribution in [3.05, 3.63) is 35.4 Å². The molecule has 0 radical (unpaired) electrons. The van der Waals surface area contributed by atoms with Gasteiger partial charge in [-0.15, -0.1) is 0 Å². The molecule has 0 fully saturated rings. The Labute approximate surface area is 126 Å². The lowest BCUT2D eigenvalue weighted by Gasteiger charge is -2.31. The fourth-order valence-electron chi connectivity index (χ4n) is 2.72. The monoisotopic (exact) mass is 288 g/mol. The number of carbonyl (C=O) groups excluding carboxylic acids is 2. The van der Waals surface area contributed by atoms with Crippen LogP contribution < -0.4 is 0 Å². The summed E-state index contributed by atoms with van der Waals surface area (Å²) in [6.45, 7) is 7.85. The first kappa shape index (κ1) is 15.5. The molecule has 1 aromatic carbocycles. The third-order valence-electron chi connectivity index (χ3n) is 3.84. The molecule has 1 aliphatic heterocycles. The summed E-state index contributed by atoms with van der Waals surface area (Å²) in [5.41, 5.74) is 2.54. The van der Waals surface area contributed by atoms with E-state index in [0.717, 1.165) is 13.0 Å². The highest BCUT2D eigenvalue weighted by atomic mass is 16.2. The number of benzene rings is 1. The molecule has 0 N–H and O–H groups in total. The summed E-state index contributed by atoms with van der Waals surface area (Å²) in [4.78, 5) is 27.6. The number of nitrogens with zero attached hydrogens (tertiary/aromatic N) is 2. The van der Waals surface area contributed by atoms with Gasteiger partial charge in [0.15, 0.2) is 0 Å². The fraction of sp³-hybridized carbons (Fsp3) is 0.529. The Hall–Kier alpha value is -1.84. The second kappa shape index (κ2) is 6.74. The summed E-state index contributed by atoms with van der Waals surface area (Å²) in [6.07, 6.45) is 0.895. The first-order valence-electron chi connectivity index (χ1n) is 7.57. The van der Waals surface area contributed by atoms with Crippen molar-refractivity contribution in [3.8, 4) is 0 Å². The number of hydrogen-bond acceptors (Lipinski definition) is 2. The van der Waals surface area contributed by atoms with Gasteiger partial charge in [0.1, 0.15) is 0 Å². The van der Waals surface area contributed by atoms with Gasteiger partial charge >= 0.3 is 0 Å². The zero-order chi connectivity index (χ0) is 15.4. The molecule has 4 heteroatoms. The van der Waals surface area contributed by atoms with Crippen molar-refractivity contribution >= 4 is 11.8 Å². The maximum absolute atomic E-state index is 12.4. The van der Waals surface area contributed by atoms with Crippen LogP contribution in [-0.2, 0) is 22.6 Å².